The lowest BCUT2D eigenvalue weighted by molar-refractivity contribution is 0.0923. The van der Waals surface area contributed by atoms with Crippen molar-refractivity contribution in [2.24, 2.45) is 0 Å². The molecule has 0 saturated heterocycles. The Morgan fingerprint density at radius 2 is 1.43 bits per heavy atom. The van der Waals surface area contributed by atoms with Crippen LogP contribution in [0.15, 0.2) is 103 Å². The van der Waals surface area contributed by atoms with Crippen molar-refractivity contribution in [1.82, 2.24) is 5.32 Å². The average molecular weight is 508 g/mol. The molecule has 2 N–H and O–H groups in total. The number of rotatable bonds is 6. The van der Waals surface area contributed by atoms with Crippen molar-refractivity contribution < 1.29 is 19.1 Å². The fourth-order valence-electron chi connectivity index (χ4n) is 3.92. The van der Waals surface area contributed by atoms with E-state index in [1.165, 1.54) is 0 Å². The van der Waals surface area contributed by atoms with Gasteiger partial charge in [-0.25, -0.2) is 4.90 Å². The third-order valence-electron chi connectivity index (χ3n) is 5.75. The van der Waals surface area contributed by atoms with E-state index in [4.69, 9.17) is 17.0 Å². The predicted molar refractivity (Wildman–Crippen MR) is 145 cm³/mol. The third kappa shape index (κ3) is 5.24. The second-order valence-electron chi connectivity index (χ2n) is 8.25. The SMILES string of the molecule is O=C(NC(=S)Nc1ccc(N2C(=O)c3ccccc3C2=O)cc1)c1cccc(OCc2ccccc2)c1. The summed E-state index contributed by atoms with van der Waals surface area (Å²) in [7, 11) is 0. The van der Waals surface area contributed by atoms with Crippen LogP contribution in [0.3, 0.4) is 0 Å². The molecule has 7 nitrogen and oxygen atoms in total. The van der Waals surface area contributed by atoms with Crippen molar-refractivity contribution in [1.29, 1.82) is 0 Å². The maximum absolute atomic E-state index is 12.7. The van der Waals surface area contributed by atoms with Crippen LogP contribution in [0.5, 0.6) is 5.75 Å². The van der Waals surface area contributed by atoms with Crippen LogP contribution in [0.2, 0.25) is 0 Å². The van der Waals surface area contributed by atoms with Crippen molar-refractivity contribution in [3.8, 4) is 5.75 Å². The van der Waals surface area contributed by atoms with Crippen LogP contribution in [-0.2, 0) is 6.61 Å². The Morgan fingerprint density at radius 1 is 0.784 bits per heavy atom. The van der Waals surface area contributed by atoms with E-state index in [9.17, 15) is 14.4 Å². The monoisotopic (exact) mass is 507 g/mol. The van der Waals surface area contributed by atoms with E-state index in [0.29, 0.717) is 40.4 Å². The summed E-state index contributed by atoms with van der Waals surface area (Å²) < 4.78 is 5.79. The van der Waals surface area contributed by atoms with Gasteiger partial charge in [-0.1, -0.05) is 48.5 Å². The quantitative estimate of drug-likeness (QED) is 0.276. The van der Waals surface area contributed by atoms with E-state index in [0.717, 1.165) is 10.5 Å². The maximum atomic E-state index is 12.7. The molecule has 0 aromatic heterocycles. The Balaban J connectivity index is 1.18. The molecule has 1 heterocycles. The fourth-order valence-corrected chi connectivity index (χ4v) is 4.13. The van der Waals surface area contributed by atoms with E-state index in [2.05, 4.69) is 10.6 Å². The van der Waals surface area contributed by atoms with Crippen molar-refractivity contribution in [2.75, 3.05) is 10.2 Å². The highest BCUT2D eigenvalue weighted by molar-refractivity contribution is 7.80. The van der Waals surface area contributed by atoms with Crippen molar-refractivity contribution in [3.05, 3.63) is 125 Å². The highest BCUT2D eigenvalue weighted by atomic mass is 32.1. The number of benzene rings is 4. The molecular formula is C29H21N3O4S. The smallest absolute Gasteiger partial charge is 0.266 e. The number of nitrogens with one attached hydrogen (secondary N) is 2. The molecule has 182 valence electrons. The molecule has 0 saturated carbocycles. The minimum atomic E-state index is -0.384. The first kappa shape index (κ1) is 23.9. The zero-order chi connectivity index (χ0) is 25.8. The van der Waals surface area contributed by atoms with E-state index in [1.807, 2.05) is 30.3 Å². The van der Waals surface area contributed by atoms with Crippen LogP contribution in [0.4, 0.5) is 11.4 Å². The Labute approximate surface area is 218 Å². The van der Waals surface area contributed by atoms with Gasteiger partial charge in [0.1, 0.15) is 12.4 Å². The van der Waals surface area contributed by atoms with Gasteiger partial charge in [0.25, 0.3) is 17.7 Å². The van der Waals surface area contributed by atoms with E-state index < -0.39 is 0 Å². The number of fused-ring (bicyclic) bond motifs is 1. The van der Waals surface area contributed by atoms with Crippen molar-refractivity contribution in [2.45, 2.75) is 6.61 Å². The molecule has 0 atom stereocenters. The van der Waals surface area contributed by atoms with Gasteiger partial charge in [-0.05, 0) is 72.4 Å². The molecule has 37 heavy (non-hydrogen) atoms. The van der Waals surface area contributed by atoms with Gasteiger partial charge in [0.15, 0.2) is 5.11 Å². The number of imide groups is 1. The molecule has 0 unspecified atom stereocenters. The van der Waals surface area contributed by atoms with E-state index >= 15 is 0 Å². The fraction of sp³-hybridized carbons (Fsp3) is 0.0345. The molecule has 0 radical (unpaired) electrons. The van der Waals surface area contributed by atoms with Crippen LogP contribution < -0.4 is 20.3 Å². The Bertz CT molecular complexity index is 1470. The number of carbonyl (C=O) groups is 3. The van der Waals surface area contributed by atoms with Gasteiger partial charge in [-0.3, -0.25) is 19.7 Å². The van der Waals surface area contributed by atoms with Crippen LogP contribution in [0.25, 0.3) is 0 Å². The summed E-state index contributed by atoms with van der Waals surface area (Å²) in [5.74, 6) is -0.539. The van der Waals surface area contributed by atoms with E-state index in [1.54, 1.807) is 72.8 Å². The summed E-state index contributed by atoms with van der Waals surface area (Å²) in [5, 5.41) is 5.70. The largest absolute Gasteiger partial charge is 0.489 e. The summed E-state index contributed by atoms with van der Waals surface area (Å²) in [6, 6.07) is 30.0. The van der Waals surface area contributed by atoms with Crippen LogP contribution in [-0.4, -0.2) is 22.8 Å². The predicted octanol–water partition coefficient (Wildman–Crippen LogP) is 5.19. The summed E-state index contributed by atoms with van der Waals surface area (Å²) >= 11 is 5.29. The zero-order valence-electron chi connectivity index (χ0n) is 19.5. The Hall–Kier alpha value is -4.82. The molecule has 0 bridgehead atoms. The number of hydrogen-bond acceptors (Lipinski definition) is 5. The van der Waals surface area contributed by atoms with Crippen molar-refractivity contribution >= 4 is 46.4 Å². The lowest BCUT2D eigenvalue weighted by Gasteiger charge is -2.15. The number of hydrogen-bond donors (Lipinski definition) is 2. The molecule has 0 spiro atoms. The number of anilines is 2. The molecule has 4 aromatic carbocycles. The Morgan fingerprint density at radius 3 is 2.11 bits per heavy atom. The normalized spacial score (nSPS) is 12.2. The zero-order valence-corrected chi connectivity index (χ0v) is 20.3. The minimum absolute atomic E-state index is 0.106. The lowest BCUT2D eigenvalue weighted by atomic mass is 10.1. The lowest BCUT2D eigenvalue weighted by Crippen LogP contribution is -2.34. The van der Waals surface area contributed by atoms with Crippen LogP contribution >= 0.6 is 12.2 Å². The topological polar surface area (TPSA) is 87.7 Å². The standard InChI is InChI=1S/C29H21N3O4S/c33-26(20-9-6-10-23(17-20)36-18-19-7-2-1-3-8-19)31-29(37)30-21-13-15-22(16-14-21)32-27(34)24-11-4-5-12-25(24)28(32)35/h1-17H,18H2,(H2,30,31,33,37). The number of thiocarbonyl (C=S) groups is 1. The maximum Gasteiger partial charge on any atom is 0.266 e. The van der Waals surface area contributed by atoms with Crippen LogP contribution in [0, 0.1) is 0 Å². The summed E-state index contributed by atoms with van der Waals surface area (Å²) in [5.41, 5.74) is 3.22. The number of ether oxygens (including phenoxy) is 1. The molecule has 1 aliphatic rings. The van der Waals surface area contributed by atoms with Gasteiger partial charge >= 0.3 is 0 Å². The number of carbonyl (C=O) groups excluding carboxylic acids is 3. The van der Waals surface area contributed by atoms with Gasteiger partial charge < -0.3 is 10.1 Å². The second kappa shape index (κ2) is 10.4. The second-order valence-corrected chi connectivity index (χ2v) is 8.66. The molecule has 5 rings (SSSR count). The molecule has 3 amide bonds. The van der Waals surface area contributed by atoms with Crippen LogP contribution in [0.1, 0.15) is 36.6 Å². The van der Waals surface area contributed by atoms with Gasteiger partial charge in [0.05, 0.1) is 16.8 Å². The first-order valence-electron chi connectivity index (χ1n) is 11.5. The molecule has 4 aromatic rings. The summed E-state index contributed by atoms with van der Waals surface area (Å²) in [6.45, 7) is 0.391. The van der Waals surface area contributed by atoms with E-state index in [-0.39, 0.29) is 22.8 Å². The highest BCUT2D eigenvalue weighted by Crippen LogP contribution is 2.29. The van der Waals surface area contributed by atoms with Gasteiger partial charge in [0.2, 0.25) is 0 Å². The Kier molecular flexibility index (Phi) is 6.74. The molecule has 1 aliphatic heterocycles. The summed E-state index contributed by atoms with van der Waals surface area (Å²) in [4.78, 5) is 39.2. The molecule has 0 aliphatic carbocycles. The minimum Gasteiger partial charge on any atom is -0.489 e. The van der Waals surface area contributed by atoms with Crippen molar-refractivity contribution in [3.63, 3.8) is 0 Å². The summed E-state index contributed by atoms with van der Waals surface area (Å²) in [6.07, 6.45) is 0. The van der Waals surface area contributed by atoms with Gasteiger partial charge in [-0.2, -0.15) is 0 Å². The number of nitrogens with zero attached hydrogens (tertiary/aromatic N) is 1. The molecular weight excluding hydrogens is 486 g/mol. The molecule has 8 heteroatoms. The third-order valence-corrected chi connectivity index (χ3v) is 5.95. The number of amides is 3. The first-order chi connectivity index (χ1) is 18.0. The van der Waals surface area contributed by atoms with Gasteiger partial charge in [-0.15, -0.1) is 0 Å². The first-order valence-corrected chi connectivity index (χ1v) is 11.9. The average Bonchev–Trinajstić information content (AvgIpc) is 3.18. The highest BCUT2D eigenvalue weighted by Gasteiger charge is 2.36. The molecule has 0 fully saturated rings. The van der Waals surface area contributed by atoms with Gasteiger partial charge in [0, 0.05) is 11.3 Å².